The number of nitrogen functional groups attached to an aromatic ring is 1. The predicted molar refractivity (Wildman–Crippen MR) is 73.6 cm³/mol. The van der Waals surface area contributed by atoms with E-state index in [-0.39, 0.29) is 11.8 Å². The molecule has 0 saturated carbocycles. The van der Waals surface area contributed by atoms with E-state index in [0.29, 0.717) is 11.4 Å². The summed E-state index contributed by atoms with van der Waals surface area (Å²) >= 11 is 0. The van der Waals surface area contributed by atoms with Crippen LogP contribution >= 0.6 is 0 Å². The molecule has 0 bridgehead atoms. The number of hydrogen-bond donors (Lipinski definition) is 2. The second-order valence-electron chi connectivity index (χ2n) is 4.71. The molecule has 1 atom stereocenters. The lowest BCUT2D eigenvalue weighted by Gasteiger charge is -2.19. The topological polar surface area (TPSA) is 50.5 Å². The molecule has 1 aromatic carbocycles. The number of nitrogens with one attached hydrogen (secondary N) is 1. The zero-order chi connectivity index (χ0) is 13.7. The molecule has 1 unspecified atom stereocenters. The fraction of sp³-hybridized carbons (Fsp3) is 0.538. The third-order valence-electron chi connectivity index (χ3n) is 2.74. The molecule has 102 valence electrons. The molecule has 18 heavy (non-hydrogen) atoms. The standard InChI is InChI=1S/C13H22FN3O/c1-9(5-6-17(2)3)16-12-8-13(18-4)10(14)7-11(12)15/h7-9,16H,5-6,15H2,1-4H3. The summed E-state index contributed by atoms with van der Waals surface area (Å²) in [6.07, 6.45) is 0.978. The maximum absolute atomic E-state index is 13.4. The van der Waals surface area contributed by atoms with Crippen LogP contribution in [0.4, 0.5) is 15.8 Å². The Balaban J connectivity index is 2.71. The van der Waals surface area contributed by atoms with Gasteiger partial charge in [0, 0.05) is 18.2 Å². The number of halogens is 1. The minimum atomic E-state index is -0.443. The zero-order valence-corrected chi connectivity index (χ0v) is 11.5. The fourth-order valence-electron chi connectivity index (χ4n) is 1.64. The summed E-state index contributed by atoms with van der Waals surface area (Å²) in [5, 5.41) is 3.27. The van der Waals surface area contributed by atoms with Crippen molar-refractivity contribution >= 4 is 11.4 Å². The Labute approximate surface area is 108 Å². The maximum Gasteiger partial charge on any atom is 0.167 e. The first-order chi connectivity index (χ1) is 8.43. The lowest BCUT2D eigenvalue weighted by Crippen LogP contribution is -2.23. The third-order valence-corrected chi connectivity index (χ3v) is 2.74. The van der Waals surface area contributed by atoms with Crippen LogP contribution in [-0.2, 0) is 0 Å². The summed E-state index contributed by atoms with van der Waals surface area (Å²) in [4.78, 5) is 2.12. The lowest BCUT2D eigenvalue weighted by atomic mass is 10.2. The molecule has 3 N–H and O–H groups in total. The zero-order valence-electron chi connectivity index (χ0n) is 11.5. The molecule has 5 heteroatoms. The van der Waals surface area contributed by atoms with Crippen molar-refractivity contribution < 1.29 is 9.13 Å². The highest BCUT2D eigenvalue weighted by Crippen LogP contribution is 2.28. The van der Waals surface area contributed by atoms with Crippen LogP contribution in [0.1, 0.15) is 13.3 Å². The molecule has 1 aromatic rings. The van der Waals surface area contributed by atoms with Crippen LogP contribution in [0.25, 0.3) is 0 Å². The number of nitrogens with zero attached hydrogens (tertiary/aromatic N) is 1. The van der Waals surface area contributed by atoms with Crippen LogP contribution in [-0.4, -0.2) is 38.7 Å². The van der Waals surface area contributed by atoms with E-state index in [1.165, 1.54) is 13.2 Å². The maximum atomic E-state index is 13.4. The minimum Gasteiger partial charge on any atom is -0.494 e. The van der Waals surface area contributed by atoms with Gasteiger partial charge in [0.1, 0.15) is 0 Å². The van der Waals surface area contributed by atoms with Crippen LogP contribution in [0.5, 0.6) is 5.75 Å². The second-order valence-corrected chi connectivity index (χ2v) is 4.71. The summed E-state index contributed by atoms with van der Waals surface area (Å²) in [5.41, 5.74) is 6.88. The van der Waals surface area contributed by atoms with E-state index in [0.717, 1.165) is 13.0 Å². The summed E-state index contributed by atoms with van der Waals surface area (Å²) in [5.74, 6) is -0.243. The second kappa shape index (κ2) is 6.44. The Bertz CT molecular complexity index is 396. The van der Waals surface area contributed by atoms with Gasteiger partial charge in [-0.1, -0.05) is 0 Å². The highest BCUT2D eigenvalue weighted by Gasteiger charge is 2.10. The molecule has 4 nitrogen and oxygen atoms in total. The van der Waals surface area contributed by atoms with Gasteiger partial charge in [0.25, 0.3) is 0 Å². The van der Waals surface area contributed by atoms with Crippen molar-refractivity contribution in [3.8, 4) is 5.75 Å². The van der Waals surface area contributed by atoms with Crippen LogP contribution in [0, 0.1) is 5.82 Å². The average Bonchev–Trinajstić information content (AvgIpc) is 2.30. The Morgan fingerprint density at radius 2 is 2.11 bits per heavy atom. The van der Waals surface area contributed by atoms with Gasteiger partial charge in [-0.25, -0.2) is 4.39 Å². The monoisotopic (exact) mass is 255 g/mol. The van der Waals surface area contributed by atoms with Crippen molar-refractivity contribution in [2.24, 2.45) is 0 Å². The van der Waals surface area contributed by atoms with E-state index in [1.807, 2.05) is 14.1 Å². The molecule has 0 aliphatic rings. The first-order valence-electron chi connectivity index (χ1n) is 5.98. The van der Waals surface area contributed by atoms with Crippen molar-refractivity contribution in [3.63, 3.8) is 0 Å². The Morgan fingerprint density at radius 3 is 2.67 bits per heavy atom. The largest absolute Gasteiger partial charge is 0.494 e. The van der Waals surface area contributed by atoms with Gasteiger partial charge in [0.2, 0.25) is 0 Å². The highest BCUT2D eigenvalue weighted by atomic mass is 19.1. The number of benzene rings is 1. The molecular weight excluding hydrogens is 233 g/mol. The molecule has 0 heterocycles. The smallest absolute Gasteiger partial charge is 0.167 e. The summed E-state index contributed by atoms with van der Waals surface area (Å²) in [6.45, 7) is 3.05. The van der Waals surface area contributed by atoms with Crippen molar-refractivity contribution in [2.45, 2.75) is 19.4 Å². The van der Waals surface area contributed by atoms with E-state index in [2.05, 4.69) is 17.1 Å². The predicted octanol–water partition coefficient (Wildman–Crippen LogP) is 2.17. The lowest BCUT2D eigenvalue weighted by molar-refractivity contribution is 0.386. The van der Waals surface area contributed by atoms with Gasteiger partial charge >= 0.3 is 0 Å². The van der Waals surface area contributed by atoms with Crippen LogP contribution in [0.15, 0.2) is 12.1 Å². The van der Waals surface area contributed by atoms with E-state index in [1.54, 1.807) is 6.07 Å². The highest BCUT2D eigenvalue weighted by molar-refractivity contribution is 5.68. The SMILES string of the molecule is COc1cc(NC(C)CCN(C)C)c(N)cc1F. The van der Waals surface area contributed by atoms with E-state index >= 15 is 0 Å². The van der Waals surface area contributed by atoms with Crippen LogP contribution in [0.2, 0.25) is 0 Å². The Kier molecular flexibility index (Phi) is 5.22. The molecule has 0 saturated heterocycles. The van der Waals surface area contributed by atoms with E-state index in [9.17, 15) is 4.39 Å². The molecule has 0 aliphatic carbocycles. The minimum absolute atomic E-state index is 0.200. The normalized spacial score (nSPS) is 12.6. The molecule has 0 aromatic heterocycles. The van der Waals surface area contributed by atoms with Gasteiger partial charge in [-0.3, -0.25) is 0 Å². The third kappa shape index (κ3) is 4.07. The first kappa shape index (κ1) is 14.6. The Hall–Kier alpha value is -1.49. The molecule has 0 aliphatic heterocycles. The van der Waals surface area contributed by atoms with Gasteiger partial charge in [-0.05, 0) is 34.0 Å². The number of hydrogen-bond acceptors (Lipinski definition) is 4. The fourth-order valence-corrected chi connectivity index (χ4v) is 1.64. The number of nitrogens with two attached hydrogens (primary N) is 1. The quantitative estimate of drug-likeness (QED) is 0.765. The van der Waals surface area contributed by atoms with Crippen molar-refractivity contribution in [1.82, 2.24) is 4.90 Å². The van der Waals surface area contributed by atoms with E-state index in [4.69, 9.17) is 10.5 Å². The van der Waals surface area contributed by atoms with Gasteiger partial charge in [0.15, 0.2) is 11.6 Å². The summed E-state index contributed by atoms with van der Waals surface area (Å²) in [6, 6.07) is 3.13. The van der Waals surface area contributed by atoms with Crippen LogP contribution < -0.4 is 15.8 Å². The Morgan fingerprint density at radius 1 is 1.44 bits per heavy atom. The first-order valence-corrected chi connectivity index (χ1v) is 5.98. The molecule has 0 amide bonds. The number of rotatable bonds is 6. The van der Waals surface area contributed by atoms with Gasteiger partial charge in [-0.15, -0.1) is 0 Å². The van der Waals surface area contributed by atoms with E-state index < -0.39 is 5.82 Å². The molecular formula is C13H22FN3O. The van der Waals surface area contributed by atoms with Gasteiger partial charge in [-0.2, -0.15) is 0 Å². The molecule has 0 radical (unpaired) electrons. The van der Waals surface area contributed by atoms with Gasteiger partial charge in [0.05, 0.1) is 18.5 Å². The number of anilines is 2. The van der Waals surface area contributed by atoms with Crippen molar-refractivity contribution in [3.05, 3.63) is 17.9 Å². The van der Waals surface area contributed by atoms with Crippen LogP contribution in [0.3, 0.4) is 0 Å². The molecule has 1 rings (SSSR count). The average molecular weight is 255 g/mol. The number of ether oxygens (including phenoxy) is 1. The molecule has 0 fully saturated rings. The van der Waals surface area contributed by atoms with Gasteiger partial charge < -0.3 is 20.7 Å². The van der Waals surface area contributed by atoms with Crippen molar-refractivity contribution in [2.75, 3.05) is 38.8 Å². The summed E-state index contributed by atoms with van der Waals surface area (Å²) < 4.78 is 18.3. The molecule has 0 spiro atoms. The van der Waals surface area contributed by atoms with Crippen molar-refractivity contribution in [1.29, 1.82) is 0 Å². The summed E-state index contributed by atoms with van der Waals surface area (Å²) in [7, 11) is 5.50. The number of methoxy groups -OCH3 is 1.